The summed E-state index contributed by atoms with van der Waals surface area (Å²) in [6, 6.07) is 0. The fourth-order valence-corrected chi connectivity index (χ4v) is 0.807. The number of allylic oxidation sites excluding steroid dienone is 10. The van der Waals surface area contributed by atoms with E-state index in [0.717, 1.165) is 12.8 Å². The molecule has 0 aliphatic heterocycles. The van der Waals surface area contributed by atoms with E-state index >= 15 is 0 Å². The highest BCUT2D eigenvalue weighted by Gasteiger charge is 1.68. The smallest absolute Gasteiger partial charge is 0.0163 e. The first-order valence-electron chi connectivity index (χ1n) is 4.97. The van der Waals surface area contributed by atoms with E-state index in [1.54, 1.807) is 0 Å². The highest BCUT2D eigenvalue weighted by molar-refractivity contribution is 5.12. The van der Waals surface area contributed by atoms with Gasteiger partial charge in [0.15, 0.2) is 0 Å². The maximum atomic E-state index is 3.71. The SMILES string of the molecule is [CH2]C/C=C/C=C/C/C=C/C=C/C=C/C. The van der Waals surface area contributed by atoms with Crippen LogP contribution >= 0.6 is 0 Å². The highest BCUT2D eigenvalue weighted by Crippen LogP contribution is 1.89. The second-order valence-electron chi connectivity index (χ2n) is 2.72. The molecule has 0 rings (SSSR count). The van der Waals surface area contributed by atoms with Crippen LogP contribution in [0.25, 0.3) is 0 Å². The quantitative estimate of drug-likeness (QED) is 0.541. The van der Waals surface area contributed by atoms with Gasteiger partial charge in [-0.25, -0.2) is 0 Å². The van der Waals surface area contributed by atoms with Crippen molar-refractivity contribution in [2.75, 3.05) is 0 Å². The largest absolute Gasteiger partial charge is 0.0877 e. The lowest BCUT2D eigenvalue weighted by Gasteiger charge is -1.79. The van der Waals surface area contributed by atoms with Crippen molar-refractivity contribution < 1.29 is 0 Å². The molecule has 0 amide bonds. The standard InChI is InChI=1S/C14H19/c1-3-5-7-9-11-13-14-12-10-8-6-4-2/h4-12,14H,1,3,13H2,2H3/b6-4+,7-5+,10-8+,11-9+,14-12+. The lowest BCUT2D eigenvalue weighted by atomic mass is 10.3. The van der Waals surface area contributed by atoms with Crippen molar-refractivity contribution in [1.29, 1.82) is 0 Å². The summed E-state index contributed by atoms with van der Waals surface area (Å²) in [5, 5.41) is 0. The molecule has 75 valence electrons. The van der Waals surface area contributed by atoms with E-state index in [4.69, 9.17) is 0 Å². The maximum Gasteiger partial charge on any atom is -0.0163 e. The van der Waals surface area contributed by atoms with Gasteiger partial charge in [0, 0.05) is 0 Å². The average Bonchev–Trinajstić information content (AvgIpc) is 2.21. The molecule has 0 heteroatoms. The van der Waals surface area contributed by atoms with Gasteiger partial charge in [0.2, 0.25) is 0 Å². The number of rotatable bonds is 6. The number of hydrogen-bond acceptors (Lipinski definition) is 0. The Morgan fingerprint density at radius 3 is 2.00 bits per heavy atom. The van der Waals surface area contributed by atoms with Gasteiger partial charge in [-0.1, -0.05) is 60.8 Å². The average molecular weight is 187 g/mol. The van der Waals surface area contributed by atoms with Gasteiger partial charge in [-0.3, -0.25) is 0 Å². The van der Waals surface area contributed by atoms with E-state index in [1.807, 2.05) is 49.5 Å². The van der Waals surface area contributed by atoms with Crippen LogP contribution in [-0.2, 0) is 0 Å². The topological polar surface area (TPSA) is 0 Å². The molecule has 0 aromatic heterocycles. The second-order valence-corrected chi connectivity index (χ2v) is 2.72. The van der Waals surface area contributed by atoms with Gasteiger partial charge >= 0.3 is 0 Å². The Kier molecular flexibility index (Phi) is 10.6. The van der Waals surface area contributed by atoms with Crippen molar-refractivity contribution in [1.82, 2.24) is 0 Å². The molecule has 0 aromatic rings. The first-order valence-corrected chi connectivity index (χ1v) is 4.97. The van der Waals surface area contributed by atoms with E-state index in [0.29, 0.717) is 0 Å². The summed E-state index contributed by atoms with van der Waals surface area (Å²) in [5.41, 5.74) is 0. The third-order valence-electron chi connectivity index (χ3n) is 1.48. The molecule has 14 heavy (non-hydrogen) atoms. The Bertz CT molecular complexity index is 237. The van der Waals surface area contributed by atoms with Gasteiger partial charge < -0.3 is 0 Å². The summed E-state index contributed by atoms with van der Waals surface area (Å²) in [6.07, 6.45) is 22.3. The molecule has 0 aliphatic carbocycles. The van der Waals surface area contributed by atoms with Crippen LogP contribution in [0.4, 0.5) is 0 Å². The summed E-state index contributed by atoms with van der Waals surface area (Å²) in [6.45, 7) is 5.72. The Morgan fingerprint density at radius 1 is 0.786 bits per heavy atom. The van der Waals surface area contributed by atoms with E-state index in [1.165, 1.54) is 0 Å². The maximum absolute atomic E-state index is 3.71. The van der Waals surface area contributed by atoms with Crippen LogP contribution in [0, 0.1) is 6.92 Å². The van der Waals surface area contributed by atoms with E-state index < -0.39 is 0 Å². The first-order chi connectivity index (χ1) is 6.91. The molecule has 0 spiro atoms. The minimum absolute atomic E-state index is 0.853. The van der Waals surface area contributed by atoms with Crippen LogP contribution in [0.5, 0.6) is 0 Å². The normalized spacial score (nSPS) is 13.6. The van der Waals surface area contributed by atoms with Crippen LogP contribution < -0.4 is 0 Å². The lowest BCUT2D eigenvalue weighted by Crippen LogP contribution is -1.58. The van der Waals surface area contributed by atoms with Crippen molar-refractivity contribution in [3.63, 3.8) is 0 Å². The third-order valence-corrected chi connectivity index (χ3v) is 1.48. The molecule has 1 radical (unpaired) electrons. The zero-order valence-electron chi connectivity index (χ0n) is 8.89. The molecule has 0 unspecified atom stereocenters. The van der Waals surface area contributed by atoms with Crippen molar-refractivity contribution >= 4 is 0 Å². The van der Waals surface area contributed by atoms with Crippen molar-refractivity contribution in [3.05, 3.63) is 67.7 Å². The van der Waals surface area contributed by atoms with Gasteiger partial charge in [0.1, 0.15) is 0 Å². The van der Waals surface area contributed by atoms with Crippen molar-refractivity contribution in [2.45, 2.75) is 19.8 Å². The highest BCUT2D eigenvalue weighted by atomic mass is 13.7. The monoisotopic (exact) mass is 187 g/mol. The van der Waals surface area contributed by atoms with Crippen LogP contribution in [0.3, 0.4) is 0 Å². The van der Waals surface area contributed by atoms with Gasteiger partial charge in [-0.05, 0) is 26.7 Å². The van der Waals surface area contributed by atoms with Crippen molar-refractivity contribution in [3.8, 4) is 0 Å². The predicted molar refractivity (Wildman–Crippen MR) is 66.0 cm³/mol. The minimum Gasteiger partial charge on any atom is -0.0877 e. The minimum atomic E-state index is 0.853. The molecule has 0 heterocycles. The Morgan fingerprint density at radius 2 is 1.36 bits per heavy atom. The summed E-state index contributed by atoms with van der Waals surface area (Å²) in [7, 11) is 0. The van der Waals surface area contributed by atoms with Crippen molar-refractivity contribution in [2.24, 2.45) is 0 Å². The second kappa shape index (κ2) is 11.7. The summed E-state index contributed by atoms with van der Waals surface area (Å²) in [4.78, 5) is 0. The molecule has 0 saturated heterocycles. The van der Waals surface area contributed by atoms with Gasteiger partial charge in [0.05, 0.1) is 0 Å². The molecular formula is C14H19. The fourth-order valence-electron chi connectivity index (χ4n) is 0.807. The summed E-state index contributed by atoms with van der Waals surface area (Å²) >= 11 is 0. The molecule has 0 saturated carbocycles. The molecule has 0 N–H and O–H groups in total. The fraction of sp³-hybridized carbons (Fsp3) is 0.214. The van der Waals surface area contributed by atoms with Gasteiger partial charge in [0.25, 0.3) is 0 Å². The lowest BCUT2D eigenvalue weighted by molar-refractivity contribution is 1.37. The Labute approximate surface area is 88.0 Å². The van der Waals surface area contributed by atoms with E-state index in [2.05, 4.69) is 25.2 Å². The molecule has 0 aliphatic rings. The predicted octanol–water partition coefficient (Wildman–Crippen LogP) is 4.40. The van der Waals surface area contributed by atoms with Gasteiger partial charge in [-0.15, -0.1) is 0 Å². The Balaban J connectivity index is 3.53. The van der Waals surface area contributed by atoms with Crippen LogP contribution in [-0.4, -0.2) is 0 Å². The molecule has 0 fully saturated rings. The molecule has 0 nitrogen and oxygen atoms in total. The van der Waals surface area contributed by atoms with Crippen LogP contribution in [0.15, 0.2) is 60.8 Å². The number of hydrogen-bond donors (Lipinski definition) is 0. The molecule has 0 aromatic carbocycles. The zero-order valence-corrected chi connectivity index (χ0v) is 8.89. The van der Waals surface area contributed by atoms with E-state index in [-0.39, 0.29) is 0 Å². The zero-order chi connectivity index (χ0) is 10.5. The summed E-state index contributed by atoms with van der Waals surface area (Å²) < 4.78 is 0. The van der Waals surface area contributed by atoms with E-state index in [9.17, 15) is 0 Å². The van der Waals surface area contributed by atoms with Gasteiger partial charge in [-0.2, -0.15) is 0 Å². The first kappa shape index (κ1) is 12.7. The van der Waals surface area contributed by atoms with Crippen LogP contribution in [0.1, 0.15) is 19.8 Å². The molecular weight excluding hydrogens is 168 g/mol. The summed E-state index contributed by atoms with van der Waals surface area (Å²) in [5.74, 6) is 0. The molecule has 0 bridgehead atoms. The molecule has 0 atom stereocenters. The third kappa shape index (κ3) is 10.7. The Hall–Kier alpha value is -1.30. The van der Waals surface area contributed by atoms with Crippen LogP contribution in [0.2, 0.25) is 0 Å².